The summed E-state index contributed by atoms with van der Waals surface area (Å²) in [5, 5.41) is 10.2. The second kappa shape index (κ2) is 10.6. The Morgan fingerprint density at radius 1 is 1.22 bits per heavy atom. The minimum absolute atomic E-state index is 0.0400. The van der Waals surface area contributed by atoms with E-state index in [1.807, 2.05) is 0 Å². The predicted molar refractivity (Wildman–Crippen MR) is 155 cm³/mol. The van der Waals surface area contributed by atoms with Gasteiger partial charge in [-0.1, -0.05) is 32.9 Å². The van der Waals surface area contributed by atoms with E-state index in [9.17, 15) is 22.8 Å². The van der Waals surface area contributed by atoms with Crippen molar-refractivity contribution in [3.05, 3.63) is 56.0 Å². The van der Waals surface area contributed by atoms with Gasteiger partial charge in [-0.05, 0) is 69.8 Å². The molecule has 0 saturated heterocycles. The number of halogens is 4. The second-order valence-corrected chi connectivity index (χ2v) is 13.4. The van der Waals surface area contributed by atoms with Crippen LogP contribution in [0.5, 0.6) is 5.75 Å². The van der Waals surface area contributed by atoms with E-state index in [1.54, 1.807) is 24.3 Å². The van der Waals surface area contributed by atoms with Gasteiger partial charge in [-0.3, -0.25) is 9.59 Å². The zero-order valence-electron chi connectivity index (χ0n) is 23.0. The van der Waals surface area contributed by atoms with Crippen LogP contribution in [0.4, 0.5) is 24.0 Å². The van der Waals surface area contributed by atoms with Gasteiger partial charge >= 0.3 is 6.18 Å². The number of primary amides is 1. The summed E-state index contributed by atoms with van der Waals surface area (Å²) in [5.41, 5.74) is 7.30. The number of anilines is 2. The van der Waals surface area contributed by atoms with E-state index in [1.165, 1.54) is 18.4 Å². The van der Waals surface area contributed by atoms with Gasteiger partial charge in [0.05, 0.1) is 23.2 Å². The molecule has 13 heteroatoms. The fourth-order valence-corrected chi connectivity index (χ4v) is 7.51. The molecule has 5 rings (SSSR count). The number of hydrogen-bond acceptors (Lipinski definition) is 6. The zero-order chi connectivity index (χ0) is 29.9. The normalized spacial score (nSPS) is 20.5. The van der Waals surface area contributed by atoms with Gasteiger partial charge in [0, 0.05) is 11.3 Å². The molecule has 2 aliphatic rings. The average Bonchev–Trinajstić information content (AvgIpc) is 3.43. The van der Waals surface area contributed by atoms with Gasteiger partial charge in [0.1, 0.15) is 16.6 Å². The smallest absolute Gasteiger partial charge is 0.410 e. The molecular formula is C28H31BrF3N5O3S. The Kier molecular flexibility index (Phi) is 7.64. The SMILES string of the molecule is COc1ccc([C@H]2C[C@@H](C(F)(F)F)n3nc(C(=O)Nc4sc5c(c4C(N)=O)CC[C@@H](C(C)(C)C)C5)c(Br)c3N2)cc1. The molecule has 1 aromatic carbocycles. The van der Waals surface area contributed by atoms with Crippen molar-refractivity contribution in [1.29, 1.82) is 0 Å². The molecule has 3 heterocycles. The van der Waals surface area contributed by atoms with Crippen LogP contribution >= 0.6 is 27.3 Å². The highest BCUT2D eigenvalue weighted by molar-refractivity contribution is 9.10. The fraction of sp³-hybridized carbons (Fsp3) is 0.464. The molecule has 0 spiro atoms. The van der Waals surface area contributed by atoms with E-state index in [4.69, 9.17) is 10.5 Å². The van der Waals surface area contributed by atoms with Crippen molar-refractivity contribution in [2.75, 3.05) is 17.7 Å². The van der Waals surface area contributed by atoms with Crippen molar-refractivity contribution in [1.82, 2.24) is 9.78 Å². The number of nitrogens with two attached hydrogens (primary N) is 1. The lowest BCUT2D eigenvalue weighted by molar-refractivity contribution is -0.173. The van der Waals surface area contributed by atoms with Crippen LogP contribution in [0.25, 0.3) is 0 Å². The number of rotatable bonds is 5. The molecule has 3 atom stereocenters. The summed E-state index contributed by atoms with van der Waals surface area (Å²) < 4.78 is 48.8. The van der Waals surface area contributed by atoms with E-state index < -0.39 is 30.1 Å². The van der Waals surface area contributed by atoms with Crippen LogP contribution in [0, 0.1) is 11.3 Å². The van der Waals surface area contributed by atoms with Crippen molar-refractivity contribution in [2.24, 2.45) is 17.1 Å². The van der Waals surface area contributed by atoms with Crippen LogP contribution in [-0.2, 0) is 12.8 Å². The van der Waals surface area contributed by atoms with Gasteiger partial charge in [0.15, 0.2) is 11.7 Å². The first-order valence-electron chi connectivity index (χ1n) is 13.2. The summed E-state index contributed by atoms with van der Waals surface area (Å²) >= 11 is 4.61. The topological polar surface area (TPSA) is 111 Å². The first-order valence-corrected chi connectivity index (χ1v) is 14.8. The molecule has 1 aliphatic carbocycles. The number of benzene rings is 1. The Morgan fingerprint density at radius 3 is 2.49 bits per heavy atom. The average molecular weight is 655 g/mol. The van der Waals surface area contributed by atoms with Gasteiger partial charge in [-0.15, -0.1) is 11.3 Å². The second-order valence-electron chi connectivity index (χ2n) is 11.6. The van der Waals surface area contributed by atoms with Gasteiger partial charge in [0.2, 0.25) is 0 Å². The van der Waals surface area contributed by atoms with Crippen LogP contribution in [0.3, 0.4) is 0 Å². The number of nitrogens with zero attached hydrogens (tertiary/aromatic N) is 2. The molecule has 1 aliphatic heterocycles. The van der Waals surface area contributed by atoms with E-state index >= 15 is 0 Å². The quantitative estimate of drug-likeness (QED) is 0.278. The maximum Gasteiger partial charge on any atom is 0.410 e. The standard InChI is InChI=1S/C28H31BrF3N5O3S/c1-27(2,3)14-7-10-16-18(11-14)41-26(20(16)23(33)38)35-25(39)22-21(29)24-34-17(13-5-8-15(40-4)9-6-13)12-19(28(30,31)32)37(24)36-22/h5-6,8-9,14,17,19,34H,7,10-12H2,1-4H3,(H2,33,38)(H,35,39)/t14-,17-,19+/m1/s1. The van der Waals surface area contributed by atoms with E-state index in [0.29, 0.717) is 23.7 Å². The monoisotopic (exact) mass is 653 g/mol. The maximum absolute atomic E-state index is 14.2. The molecule has 0 unspecified atom stereocenters. The molecule has 0 bridgehead atoms. The number of fused-ring (bicyclic) bond motifs is 2. The number of carbonyl (C=O) groups is 2. The van der Waals surface area contributed by atoms with Crippen molar-refractivity contribution in [3.8, 4) is 5.75 Å². The number of ether oxygens (including phenoxy) is 1. The van der Waals surface area contributed by atoms with Gasteiger partial charge in [-0.25, -0.2) is 4.68 Å². The van der Waals surface area contributed by atoms with Crippen molar-refractivity contribution in [2.45, 2.75) is 64.7 Å². The number of amides is 2. The highest BCUT2D eigenvalue weighted by Crippen LogP contribution is 2.47. The maximum atomic E-state index is 14.2. The molecule has 2 aromatic heterocycles. The lowest BCUT2D eigenvalue weighted by Gasteiger charge is -2.33. The minimum atomic E-state index is -4.61. The molecule has 41 heavy (non-hydrogen) atoms. The Hall–Kier alpha value is -3.06. The number of hydrogen-bond donors (Lipinski definition) is 3. The van der Waals surface area contributed by atoms with E-state index in [0.717, 1.165) is 28.0 Å². The van der Waals surface area contributed by atoms with Crippen LogP contribution in [0.2, 0.25) is 0 Å². The van der Waals surface area contributed by atoms with Gasteiger partial charge in [0.25, 0.3) is 11.8 Å². The molecule has 4 N–H and O–H groups in total. The third-order valence-electron chi connectivity index (χ3n) is 7.99. The third-order valence-corrected chi connectivity index (χ3v) is 9.91. The summed E-state index contributed by atoms with van der Waals surface area (Å²) in [6.07, 6.45) is -2.63. The number of nitrogens with one attached hydrogen (secondary N) is 2. The Labute approximate surface area is 247 Å². The summed E-state index contributed by atoms with van der Waals surface area (Å²) in [5.74, 6) is -0.372. The lowest BCUT2D eigenvalue weighted by Crippen LogP contribution is -2.35. The van der Waals surface area contributed by atoms with Crippen molar-refractivity contribution < 1.29 is 27.5 Å². The molecular weight excluding hydrogens is 623 g/mol. The van der Waals surface area contributed by atoms with Crippen LogP contribution in [0.15, 0.2) is 28.7 Å². The predicted octanol–water partition coefficient (Wildman–Crippen LogP) is 6.88. The molecule has 8 nitrogen and oxygen atoms in total. The van der Waals surface area contributed by atoms with Crippen LogP contribution < -0.4 is 21.1 Å². The molecule has 0 saturated carbocycles. The summed E-state index contributed by atoms with van der Waals surface area (Å²) in [6.45, 7) is 6.52. The van der Waals surface area contributed by atoms with Crippen molar-refractivity contribution in [3.63, 3.8) is 0 Å². The summed E-state index contributed by atoms with van der Waals surface area (Å²) in [6, 6.07) is 4.11. The van der Waals surface area contributed by atoms with E-state index in [-0.39, 0.29) is 38.4 Å². The number of methoxy groups -OCH3 is 1. The number of aromatic nitrogens is 2. The Bertz CT molecular complexity index is 1490. The molecule has 3 aromatic rings. The van der Waals surface area contributed by atoms with Gasteiger partial charge in [-0.2, -0.15) is 18.3 Å². The first-order chi connectivity index (χ1) is 19.2. The van der Waals surface area contributed by atoms with Crippen LogP contribution in [-0.4, -0.2) is 34.9 Å². The van der Waals surface area contributed by atoms with Gasteiger partial charge < -0.3 is 21.1 Å². The largest absolute Gasteiger partial charge is 0.497 e. The highest BCUT2D eigenvalue weighted by Gasteiger charge is 2.48. The highest BCUT2D eigenvalue weighted by atomic mass is 79.9. The molecule has 2 amide bonds. The molecule has 220 valence electrons. The number of carbonyl (C=O) groups excluding carboxylic acids is 2. The third kappa shape index (κ3) is 5.57. The van der Waals surface area contributed by atoms with Crippen molar-refractivity contribution >= 4 is 49.9 Å². The molecule has 0 fully saturated rings. The van der Waals surface area contributed by atoms with Crippen LogP contribution in [0.1, 0.15) is 82.5 Å². The Balaban J connectivity index is 1.47. The summed E-state index contributed by atoms with van der Waals surface area (Å²) in [7, 11) is 1.51. The van der Waals surface area contributed by atoms with E-state index in [2.05, 4.69) is 52.4 Å². The summed E-state index contributed by atoms with van der Waals surface area (Å²) in [4.78, 5) is 26.9. The number of alkyl halides is 3. The molecule has 0 radical (unpaired) electrons. The first kappa shape index (κ1) is 29.4. The fourth-order valence-electron chi connectivity index (χ4n) is 5.63. The minimum Gasteiger partial charge on any atom is -0.497 e. The zero-order valence-corrected chi connectivity index (χ0v) is 25.4. The Morgan fingerprint density at radius 2 is 1.90 bits per heavy atom. The number of thiophene rings is 1. The lowest BCUT2D eigenvalue weighted by atomic mass is 9.72.